The van der Waals surface area contributed by atoms with Gasteiger partial charge in [-0.25, -0.2) is 0 Å². The Bertz CT molecular complexity index is 749. The summed E-state index contributed by atoms with van der Waals surface area (Å²) in [6, 6.07) is 11.8. The lowest BCUT2D eigenvalue weighted by Crippen LogP contribution is -2.15. The van der Waals surface area contributed by atoms with Gasteiger partial charge in [0.15, 0.2) is 12.4 Å². The Balaban J connectivity index is 1.84. The van der Waals surface area contributed by atoms with Crippen LogP contribution in [-0.2, 0) is 9.53 Å². The molecule has 0 aromatic heterocycles. The average molecular weight is 385 g/mol. The zero-order valence-electron chi connectivity index (χ0n) is 12.8. The van der Waals surface area contributed by atoms with Crippen molar-refractivity contribution in [1.29, 1.82) is 0 Å². The third kappa shape index (κ3) is 5.16. The topological polar surface area (TPSA) is 52.6 Å². The van der Waals surface area contributed by atoms with Crippen LogP contribution < -0.4 is 4.74 Å². The van der Waals surface area contributed by atoms with Gasteiger partial charge in [-0.2, -0.15) is 0 Å². The van der Waals surface area contributed by atoms with Gasteiger partial charge >= 0.3 is 5.97 Å². The van der Waals surface area contributed by atoms with E-state index in [9.17, 15) is 9.59 Å². The monoisotopic (exact) mass is 384 g/mol. The fraction of sp³-hybridized carbons (Fsp3) is 0.176. The second-order valence-corrected chi connectivity index (χ2v) is 6.48. The number of carbonyl (C=O) groups excluding carboxylic acids is 2. The number of esters is 1. The van der Waals surface area contributed by atoms with Gasteiger partial charge in [-0.1, -0.05) is 35.3 Å². The van der Waals surface area contributed by atoms with Crippen LogP contribution in [0.15, 0.2) is 47.4 Å². The number of methoxy groups -OCH3 is 1. The van der Waals surface area contributed by atoms with Crippen LogP contribution in [0.2, 0.25) is 10.0 Å². The molecule has 0 bridgehead atoms. The Morgan fingerprint density at radius 3 is 2.50 bits per heavy atom. The lowest BCUT2D eigenvalue weighted by molar-refractivity contribution is -0.139. The normalized spacial score (nSPS) is 10.3. The Kier molecular flexibility index (Phi) is 6.97. The van der Waals surface area contributed by atoms with E-state index in [1.807, 2.05) is 18.2 Å². The highest BCUT2D eigenvalue weighted by Gasteiger charge is 2.13. The number of ketones is 1. The summed E-state index contributed by atoms with van der Waals surface area (Å²) < 4.78 is 10.0. The summed E-state index contributed by atoms with van der Waals surface area (Å²) in [5, 5.41) is 0.892. The Hall–Kier alpha value is -1.69. The van der Waals surface area contributed by atoms with Crippen molar-refractivity contribution >= 4 is 46.7 Å². The number of thioether (sulfide) groups is 1. The van der Waals surface area contributed by atoms with E-state index in [1.54, 1.807) is 18.2 Å². The third-order valence-corrected chi connectivity index (χ3v) is 4.80. The Labute approximate surface area is 154 Å². The summed E-state index contributed by atoms with van der Waals surface area (Å²) in [5.41, 5.74) is 0.354. The van der Waals surface area contributed by atoms with Crippen LogP contribution in [0, 0.1) is 0 Å². The molecule has 0 unspecified atom stereocenters. The zero-order valence-corrected chi connectivity index (χ0v) is 15.1. The number of ether oxygens (including phenoxy) is 2. The van der Waals surface area contributed by atoms with Crippen LogP contribution in [-0.4, -0.2) is 31.2 Å². The highest BCUT2D eigenvalue weighted by Crippen LogP contribution is 2.27. The number of benzene rings is 2. The van der Waals surface area contributed by atoms with Gasteiger partial charge in [0, 0.05) is 10.5 Å². The molecule has 0 spiro atoms. The minimum Gasteiger partial charge on any atom is -0.495 e. The molecule has 0 aliphatic carbocycles. The first-order chi connectivity index (χ1) is 11.5. The molecule has 0 fully saturated rings. The van der Waals surface area contributed by atoms with E-state index >= 15 is 0 Å². The van der Waals surface area contributed by atoms with E-state index in [2.05, 4.69) is 0 Å². The first-order valence-electron chi connectivity index (χ1n) is 6.91. The molecule has 2 aromatic carbocycles. The first-order valence-corrected chi connectivity index (χ1v) is 8.65. The molecule has 0 heterocycles. The molecule has 2 rings (SSSR count). The lowest BCUT2D eigenvalue weighted by atomic mass is 10.1. The highest BCUT2D eigenvalue weighted by molar-refractivity contribution is 8.00. The Morgan fingerprint density at radius 2 is 1.83 bits per heavy atom. The van der Waals surface area contributed by atoms with Crippen LogP contribution in [0.5, 0.6) is 5.75 Å². The highest BCUT2D eigenvalue weighted by atomic mass is 35.5. The van der Waals surface area contributed by atoms with Crippen molar-refractivity contribution in [2.24, 2.45) is 0 Å². The van der Waals surface area contributed by atoms with Crippen molar-refractivity contribution in [3.8, 4) is 5.75 Å². The van der Waals surface area contributed by atoms with Crippen LogP contribution in [0.1, 0.15) is 10.4 Å². The molecule has 0 radical (unpaired) electrons. The molecule has 0 N–H and O–H groups in total. The second kappa shape index (κ2) is 8.97. The predicted octanol–water partition coefficient (Wildman–Crippen LogP) is 4.52. The quantitative estimate of drug-likeness (QED) is 0.399. The van der Waals surface area contributed by atoms with Crippen LogP contribution in [0.25, 0.3) is 0 Å². The summed E-state index contributed by atoms with van der Waals surface area (Å²) in [5.74, 6) is -0.287. The number of hydrogen-bond acceptors (Lipinski definition) is 5. The van der Waals surface area contributed by atoms with Gasteiger partial charge in [0.2, 0.25) is 0 Å². The first kappa shape index (κ1) is 18.6. The summed E-state index contributed by atoms with van der Waals surface area (Å²) in [4.78, 5) is 24.6. The summed E-state index contributed by atoms with van der Waals surface area (Å²) in [6.45, 7) is -0.343. The zero-order chi connectivity index (χ0) is 17.5. The second-order valence-electron chi connectivity index (χ2n) is 4.65. The SMILES string of the molecule is COc1ccc(C(=O)COC(=O)CSc2ccccc2Cl)cc1Cl. The van der Waals surface area contributed by atoms with Crippen molar-refractivity contribution < 1.29 is 19.1 Å². The third-order valence-electron chi connectivity index (χ3n) is 3.02. The van der Waals surface area contributed by atoms with Gasteiger partial charge in [0.25, 0.3) is 0 Å². The lowest BCUT2D eigenvalue weighted by Gasteiger charge is -2.07. The average Bonchev–Trinajstić information content (AvgIpc) is 2.58. The van der Waals surface area contributed by atoms with E-state index in [4.69, 9.17) is 32.7 Å². The van der Waals surface area contributed by atoms with Crippen LogP contribution in [0.3, 0.4) is 0 Å². The fourth-order valence-corrected chi connectivity index (χ4v) is 3.10. The predicted molar refractivity (Wildman–Crippen MR) is 95.5 cm³/mol. The molecule has 0 amide bonds. The maximum absolute atomic E-state index is 12.0. The molecule has 0 saturated carbocycles. The molecule has 4 nitrogen and oxygen atoms in total. The number of carbonyl (C=O) groups is 2. The summed E-state index contributed by atoms with van der Waals surface area (Å²) in [7, 11) is 1.49. The van der Waals surface area contributed by atoms with Crippen molar-refractivity contribution in [2.45, 2.75) is 4.90 Å². The van der Waals surface area contributed by atoms with Crippen molar-refractivity contribution in [3.05, 3.63) is 58.1 Å². The van der Waals surface area contributed by atoms with Crippen LogP contribution >= 0.6 is 35.0 Å². The van der Waals surface area contributed by atoms with E-state index in [-0.39, 0.29) is 18.1 Å². The smallest absolute Gasteiger partial charge is 0.316 e. The number of Topliss-reactive ketones (excluding diaryl/α,β-unsaturated/α-hetero) is 1. The summed E-state index contributed by atoms with van der Waals surface area (Å²) >= 11 is 13.2. The van der Waals surface area contributed by atoms with E-state index in [0.717, 1.165) is 4.90 Å². The van der Waals surface area contributed by atoms with Crippen molar-refractivity contribution in [3.63, 3.8) is 0 Å². The van der Waals surface area contributed by atoms with Gasteiger partial charge in [0.1, 0.15) is 5.75 Å². The standard InChI is InChI=1S/C17H14Cl2O4S/c1-22-15-7-6-11(8-13(15)19)14(20)9-23-17(21)10-24-16-5-3-2-4-12(16)18/h2-8H,9-10H2,1H3. The maximum atomic E-state index is 12.0. The number of hydrogen-bond donors (Lipinski definition) is 0. The molecule has 0 aliphatic rings. The van der Waals surface area contributed by atoms with Crippen molar-refractivity contribution in [1.82, 2.24) is 0 Å². The van der Waals surface area contributed by atoms with E-state index < -0.39 is 5.97 Å². The largest absolute Gasteiger partial charge is 0.495 e. The van der Waals surface area contributed by atoms with E-state index in [1.165, 1.54) is 24.9 Å². The fourth-order valence-electron chi connectivity index (χ4n) is 1.81. The molecular weight excluding hydrogens is 371 g/mol. The number of halogens is 2. The van der Waals surface area contributed by atoms with Gasteiger partial charge < -0.3 is 9.47 Å². The van der Waals surface area contributed by atoms with E-state index in [0.29, 0.717) is 21.4 Å². The number of rotatable bonds is 7. The maximum Gasteiger partial charge on any atom is 0.316 e. The van der Waals surface area contributed by atoms with Gasteiger partial charge in [-0.15, -0.1) is 11.8 Å². The molecular formula is C17H14Cl2O4S. The Morgan fingerprint density at radius 1 is 1.08 bits per heavy atom. The molecule has 0 aliphatic heterocycles. The summed E-state index contributed by atoms with van der Waals surface area (Å²) in [6.07, 6.45) is 0. The van der Waals surface area contributed by atoms with Crippen molar-refractivity contribution in [2.75, 3.05) is 19.5 Å². The minimum absolute atomic E-state index is 0.0698. The minimum atomic E-state index is -0.493. The van der Waals surface area contributed by atoms with Gasteiger partial charge in [-0.3, -0.25) is 9.59 Å². The molecule has 0 atom stereocenters. The van der Waals surface area contributed by atoms with Crippen LogP contribution in [0.4, 0.5) is 0 Å². The molecule has 24 heavy (non-hydrogen) atoms. The molecule has 126 valence electrons. The van der Waals surface area contributed by atoms with Gasteiger partial charge in [-0.05, 0) is 30.3 Å². The molecule has 2 aromatic rings. The molecule has 0 saturated heterocycles. The molecule has 7 heteroatoms. The van der Waals surface area contributed by atoms with Gasteiger partial charge in [0.05, 0.1) is 22.9 Å².